The number of nitro benzene ring substituents is 2. The minimum Gasteiger partial charge on any atom is -0.406 e. The number of aromatic nitrogens is 2. The van der Waals surface area contributed by atoms with Crippen molar-refractivity contribution in [2.75, 3.05) is 0 Å². The van der Waals surface area contributed by atoms with Crippen molar-refractivity contribution < 1.29 is 27.8 Å². The van der Waals surface area contributed by atoms with Crippen LogP contribution in [0.5, 0.6) is 5.75 Å². The minimum absolute atomic E-state index is 0.00141. The summed E-state index contributed by atoms with van der Waals surface area (Å²) in [5.41, 5.74) is -0.713. The summed E-state index contributed by atoms with van der Waals surface area (Å²) in [6, 6.07) is 6.49. The molecule has 12 heteroatoms. The third-order valence-electron chi connectivity index (χ3n) is 3.33. The van der Waals surface area contributed by atoms with Gasteiger partial charge in [-0.25, -0.2) is 4.68 Å². The van der Waals surface area contributed by atoms with Gasteiger partial charge in [0.05, 0.1) is 27.0 Å². The SMILES string of the molecule is O=[N+]([O-])c1cc([N+](=O)[O-])c2cn(-c3ccc(OC(F)(F)F)cc3)nc2c1. The molecule has 0 bridgehead atoms. The smallest absolute Gasteiger partial charge is 0.406 e. The Labute approximate surface area is 141 Å². The van der Waals surface area contributed by atoms with E-state index in [9.17, 15) is 33.4 Å². The summed E-state index contributed by atoms with van der Waals surface area (Å²) in [6.07, 6.45) is -3.57. The zero-order valence-corrected chi connectivity index (χ0v) is 12.5. The average Bonchev–Trinajstić information content (AvgIpc) is 2.96. The summed E-state index contributed by atoms with van der Waals surface area (Å²) < 4.78 is 41.4. The van der Waals surface area contributed by atoms with E-state index in [4.69, 9.17) is 0 Å². The van der Waals surface area contributed by atoms with Crippen LogP contribution in [0.1, 0.15) is 0 Å². The Kier molecular flexibility index (Phi) is 3.94. The molecule has 0 aliphatic carbocycles. The van der Waals surface area contributed by atoms with Crippen LogP contribution in [0, 0.1) is 20.2 Å². The Hall–Kier alpha value is -3.70. The lowest BCUT2D eigenvalue weighted by atomic mass is 10.2. The molecular formula is C14H7F3N4O5. The number of non-ortho nitro benzene ring substituents is 2. The van der Waals surface area contributed by atoms with Gasteiger partial charge in [0, 0.05) is 12.3 Å². The first-order chi connectivity index (χ1) is 12.1. The fraction of sp³-hybridized carbons (Fsp3) is 0.0714. The van der Waals surface area contributed by atoms with E-state index in [0.29, 0.717) is 0 Å². The molecule has 2 aromatic carbocycles. The molecule has 0 atom stereocenters. The Morgan fingerprint density at radius 3 is 2.23 bits per heavy atom. The van der Waals surface area contributed by atoms with Crippen molar-refractivity contribution in [2.45, 2.75) is 6.36 Å². The molecular weight excluding hydrogens is 361 g/mol. The maximum absolute atomic E-state index is 12.2. The molecule has 1 aromatic heterocycles. The maximum Gasteiger partial charge on any atom is 0.573 e. The monoisotopic (exact) mass is 368 g/mol. The van der Waals surface area contributed by atoms with Gasteiger partial charge in [-0.2, -0.15) is 5.10 Å². The molecule has 0 fully saturated rings. The van der Waals surface area contributed by atoms with Crippen molar-refractivity contribution >= 4 is 22.3 Å². The minimum atomic E-state index is -4.83. The molecule has 3 rings (SSSR count). The number of halogens is 3. The van der Waals surface area contributed by atoms with Crippen LogP contribution in [-0.4, -0.2) is 26.0 Å². The molecule has 0 aliphatic heterocycles. The number of hydrogen-bond donors (Lipinski definition) is 0. The number of nitro groups is 2. The molecule has 0 N–H and O–H groups in total. The molecule has 0 aliphatic rings. The van der Waals surface area contributed by atoms with Crippen LogP contribution in [-0.2, 0) is 0 Å². The molecule has 0 saturated carbocycles. The van der Waals surface area contributed by atoms with Gasteiger partial charge in [0.1, 0.15) is 11.3 Å². The number of fused-ring (bicyclic) bond motifs is 1. The van der Waals surface area contributed by atoms with Crippen molar-refractivity contribution in [1.82, 2.24) is 9.78 Å². The van der Waals surface area contributed by atoms with Gasteiger partial charge in [-0.3, -0.25) is 20.2 Å². The lowest BCUT2D eigenvalue weighted by Gasteiger charge is -2.09. The lowest BCUT2D eigenvalue weighted by Crippen LogP contribution is -2.17. The summed E-state index contributed by atoms with van der Waals surface area (Å²) in [7, 11) is 0. The standard InChI is InChI=1S/C14H7F3N4O5/c15-14(16,17)26-10-3-1-8(2-4-10)19-7-11-12(18-19)5-9(20(22)23)6-13(11)21(24)25/h1-7H. The normalized spacial score (nSPS) is 11.5. The first kappa shape index (κ1) is 17.1. The molecule has 9 nitrogen and oxygen atoms in total. The molecule has 0 saturated heterocycles. The molecule has 0 spiro atoms. The van der Waals surface area contributed by atoms with E-state index in [0.717, 1.165) is 24.3 Å². The fourth-order valence-corrected chi connectivity index (χ4v) is 2.28. The van der Waals surface area contributed by atoms with Crippen molar-refractivity contribution in [3.05, 3.63) is 62.8 Å². The molecule has 3 aromatic rings. The third kappa shape index (κ3) is 3.38. The van der Waals surface area contributed by atoms with E-state index in [1.165, 1.54) is 23.0 Å². The number of hydrogen-bond acceptors (Lipinski definition) is 6. The summed E-state index contributed by atoms with van der Waals surface area (Å²) in [5.74, 6) is -0.445. The van der Waals surface area contributed by atoms with Crippen LogP contribution in [0.15, 0.2) is 42.6 Å². The molecule has 0 unspecified atom stereocenters. The third-order valence-corrected chi connectivity index (χ3v) is 3.33. The predicted octanol–water partition coefficient (Wildman–Crippen LogP) is 3.74. The van der Waals surface area contributed by atoms with Gasteiger partial charge in [-0.1, -0.05) is 0 Å². The molecule has 26 heavy (non-hydrogen) atoms. The number of nitrogens with zero attached hydrogens (tertiary/aromatic N) is 4. The van der Waals surface area contributed by atoms with Crippen molar-refractivity contribution in [3.63, 3.8) is 0 Å². The number of ether oxygens (including phenoxy) is 1. The topological polar surface area (TPSA) is 113 Å². The molecule has 0 amide bonds. The Morgan fingerprint density at radius 2 is 1.69 bits per heavy atom. The van der Waals surface area contributed by atoms with Gasteiger partial charge < -0.3 is 4.74 Å². The highest BCUT2D eigenvalue weighted by atomic mass is 19.4. The summed E-state index contributed by atoms with van der Waals surface area (Å²) in [4.78, 5) is 20.5. The lowest BCUT2D eigenvalue weighted by molar-refractivity contribution is -0.393. The quantitative estimate of drug-likeness (QED) is 0.512. The van der Waals surface area contributed by atoms with Crippen LogP contribution in [0.2, 0.25) is 0 Å². The Morgan fingerprint density at radius 1 is 1.04 bits per heavy atom. The highest BCUT2D eigenvalue weighted by molar-refractivity contribution is 5.90. The van der Waals surface area contributed by atoms with Crippen LogP contribution in [0.25, 0.3) is 16.6 Å². The molecule has 0 radical (unpaired) electrons. The van der Waals surface area contributed by atoms with Crippen molar-refractivity contribution in [3.8, 4) is 11.4 Å². The highest BCUT2D eigenvalue weighted by Crippen LogP contribution is 2.31. The van der Waals surface area contributed by atoms with Crippen molar-refractivity contribution in [1.29, 1.82) is 0 Å². The predicted molar refractivity (Wildman–Crippen MR) is 81.1 cm³/mol. The maximum atomic E-state index is 12.2. The second-order valence-corrected chi connectivity index (χ2v) is 5.03. The molecule has 1 heterocycles. The first-order valence-corrected chi connectivity index (χ1v) is 6.82. The van der Waals surface area contributed by atoms with Crippen LogP contribution < -0.4 is 4.74 Å². The van der Waals surface area contributed by atoms with Crippen LogP contribution in [0.3, 0.4) is 0 Å². The van der Waals surface area contributed by atoms with Crippen molar-refractivity contribution in [2.24, 2.45) is 0 Å². The summed E-state index contributed by atoms with van der Waals surface area (Å²) in [5, 5.41) is 26.1. The molecule has 134 valence electrons. The van der Waals surface area contributed by atoms with Gasteiger partial charge in [-0.05, 0) is 24.3 Å². The van der Waals surface area contributed by atoms with E-state index >= 15 is 0 Å². The number of rotatable bonds is 4. The summed E-state index contributed by atoms with van der Waals surface area (Å²) in [6.45, 7) is 0. The first-order valence-electron chi connectivity index (χ1n) is 6.82. The van der Waals surface area contributed by atoms with E-state index in [2.05, 4.69) is 9.84 Å². The van der Waals surface area contributed by atoms with Gasteiger partial charge in [0.2, 0.25) is 0 Å². The second kappa shape index (κ2) is 5.98. The highest BCUT2D eigenvalue weighted by Gasteiger charge is 2.31. The van der Waals surface area contributed by atoms with E-state index in [1.807, 2.05) is 0 Å². The Balaban J connectivity index is 2.05. The number of benzene rings is 2. The van der Waals surface area contributed by atoms with Gasteiger partial charge in [0.15, 0.2) is 0 Å². The van der Waals surface area contributed by atoms with Crippen LogP contribution in [0.4, 0.5) is 24.5 Å². The van der Waals surface area contributed by atoms with E-state index in [-0.39, 0.29) is 16.6 Å². The fourth-order valence-electron chi connectivity index (χ4n) is 2.28. The second-order valence-electron chi connectivity index (χ2n) is 5.03. The summed E-state index contributed by atoms with van der Waals surface area (Å²) >= 11 is 0. The number of alkyl halides is 3. The van der Waals surface area contributed by atoms with Gasteiger partial charge in [0.25, 0.3) is 11.4 Å². The zero-order valence-electron chi connectivity index (χ0n) is 12.5. The van der Waals surface area contributed by atoms with Gasteiger partial charge in [-0.15, -0.1) is 13.2 Å². The largest absolute Gasteiger partial charge is 0.573 e. The van der Waals surface area contributed by atoms with Crippen LogP contribution >= 0.6 is 0 Å². The van der Waals surface area contributed by atoms with E-state index in [1.54, 1.807) is 0 Å². The zero-order chi connectivity index (χ0) is 19.1. The van der Waals surface area contributed by atoms with E-state index < -0.39 is 33.3 Å². The average molecular weight is 368 g/mol. The van der Waals surface area contributed by atoms with Gasteiger partial charge >= 0.3 is 6.36 Å². The Bertz CT molecular complexity index is 1010.